The maximum atomic E-state index is 10.8. The lowest BCUT2D eigenvalue weighted by Crippen LogP contribution is -2.45. The fourth-order valence-corrected chi connectivity index (χ4v) is 2.25. The van der Waals surface area contributed by atoms with Crippen LogP contribution < -0.4 is 0 Å². The molecule has 0 aromatic carbocycles. The lowest BCUT2D eigenvalue weighted by atomic mass is 9.97. The molecule has 0 saturated carbocycles. The van der Waals surface area contributed by atoms with Gasteiger partial charge in [-0.15, -0.1) is 12.6 Å². The molecule has 0 bridgehead atoms. The number of carbonyl (C=O) groups is 1. The Hall–Kier alpha value is -0.0600. The number of rotatable bonds is 8. The summed E-state index contributed by atoms with van der Waals surface area (Å²) >= 11 is 3.79. The van der Waals surface area contributed by atoms with Crippen molar-refractivity contribution in [2.24, 2.45) is 0 Å². The Morgan fingerprint density at radius 2 is 1.75 bits per heavy atom. The van der Waals surface area contributed by atoms with Crippen LogP contribution in [0.5, 0.6) is 0 Å². The zero-order chi connectivity index (χ0) is 12.8. The Balaban J connectivity index is 4.11. The van der Waals surface area contributed by atoms with E-state index in [1.807, 2.05) is 11.9 Å². The van der Waals surface area contributed by atoms with Crippen LogP contribution in [-0.2, 0) is 4.79 Å². The van der Waals surface area contributed by atoms with Crippen molar-refractivity contribution >= 4 is 17.7 Å². The van der Waals surface area contributed by atoms with E-state index < -0.39 is 0 Å². The Morgan fingerprint density at radius 3 is 2.12 bits per heavy atom. The van der Waals surface area contributed by atoms with Crippen molar-refractivity contribution in [2.75, 3.05) is 33.2 Å². The molecule has 0 rings (SSSR count). The summed E-state index contributed by atoms with van der Waals surface area (Å²) in [7, 11) is 1.96. The molecule has 3 nitrogen and oxygen atoms in total. The smallest absolute Gasteiger partial charge is 0.199 e. The molecule has 0 aliphatic heterocycles. The van der Waals surface area contributed by atoms with Gasteiger partial charge in [0.25, 0.3) is 0 Å². The van der Waals surface area contributed by atoms with E-state index in [-0.39, 0.29) is 10.7 Å². The van der Waals surface area contributed by atoms with Crippen LogP contribution >= 0.6 is 12.6 Å². The highest BCUT2D eigenvalue weighted by Crippen LogP contribution is 2.18. The third-order valence-electron chi connectivity index (χ3n) is 3.13. The molecular formula is C12H26N2OS. The van der Waals surface area contributed by atoms with Crippen LogP contribution in [0.3, 0.4) is 0 Å². The molecule has 0 aromatic heterocycles. The van der Waals surface area contributed by atoms with Gasteiger partial charge in [-0.2, -0.15) is 0 Å². The number of likely N-dealkylation sites (N-methyl/N-ethyl adjacent to an activating group) is 1. The monoisotopic (exact) mass is 246 g/mol. The summed E-state index contributed by atoms with van der Waals surface area (Å²) in [6.45, 7) is 12.4. The van der Waals surface area contributed by atoms with Gasteiger partial charge in [0.2, 0.25) is 0 Å². The maximum absolute atomic E-state index is 10.8. The predicted molar refractivity (Wildman–Crippen MR) is 73.1 cm³/mol. The Morgan fingerprint density at radius 1 is 1.25 bits per heavy atom. The molecule has 0 radical (unpaired) electrons. The van der Waals surface area contributed by atoms with E-state index in [2.05, 4.69) is 45.2 Å². The van der Waals surface area contributed by atoms with Gasteiger partial charge in [0.05, 0.1) is 6.54 Å². The standard InChI is InChI=1S/C12H26N2OS/c1-6-14(7-2)12(3,4)8-9-13(5)10-11(15)16/h6-10H2,1-5H3,(H,15,16). The lowest BCUT2D eigenvalue weighted by molar-refractivity contribution is -0.111. The lowest BCUT2D eigenvalue weighted by Gasteiger charge is -2.38. The molecular weight excluding hydrogens is 220 g/mol. The molecule has 0 fully saturated rings. The maximum Gasteiger partial charge on any atom is 0.199 e. The molecule has 0 spiro atoms. The third kappa shape index (κ3) is 5.87. The van der Waals surface area contributed by atoms with Gasteiger partial charge in [0, 0.05) is 12.1 Å². The van der Waals surface area contributed by atoms with Crippen LogP contribution in [0.15, 0.2) is 0 Å². The van der Waals surface area contributed by atoms with Gasteiger partial charge >= 0.3 is 0 Å². The van der Waals surface area contributed by atoms with Crippen LogP contribution in [0, 0.1) is 0 Å². The van der Waals surface area contributed by atoms with Crippen LogP contribution in [-0.4, -0.2) is 53.7 Å². The van der Waals surface area contributed by atoms with Crippen LogP contribution in [0.2, 0.25) is 0 Å². The fourth-order valence-electron chi connectivity index (χ4n) is 2.01. The summed E-state index contributed by atoms with van der Waals surface area (Å²) in [5.41, 5.74) is 0.192. The van der Waals surface area contributed by atoms with Crippen molar-refractivity contribution in [1.29, 1.82) is 0 Å². The summed E-state index contributed by atoms with van der Waals surface area (Å²) < 4.78 is 0. The van der Waals surface area contributed by atoms with E-state index in [4.69, 9.17) is 0 Å². The minimum atomic E-state index is -0.0665. The second kappa shape index (κ2) is 7.30. The minimum absolute atomic E-state index is 0.0665. The van der Waals surface area contributed by atoms with E-state index in [0.29, 0.717) is 6.54 Å². The van der Waals surface area contributed by atoms with Crippen molar-refractivity contribution in [3.05, 3.63) is 0 Å². The van der Waals surface area contributed by atoms with Crippen molar-refractivity contribution in [3.63, 3.8) is 0 Å². The second-order valence-electron chi connectivity index (χ2n) is 4.87. The van der Waals surface area contributed by atoms with Crippen molar-refractivity contribution < 1.29 is 4.79 Å². The van der Waals surface area contributed by atoms with Crippen LogP contribution in [0.4, 0.5) is 0 Å². The Kier molecular flexibility index (Phi) is 7.27. The van der Waals surface area contributed by atoms with E-state index >= 15 is 0 Å². The summed E-state index contributed by atoms with van der Waals surface area (Å²) in [6, 6.07) is 0. The van der Waals surface area contributed by atoms with Gasteiger partial charge in [-0.3, -0.25) is 14.6 Å². The molecule has 96 valence electrons. The first-order valence-electron chi connectivity index (χ1n) is 5.98. The number of carbonyl (C=O) groups excluding carboxylic acids is 1. The highest BCUT2D eigenvalue weighted by molar-refractivity contribution is 7.96. The van der Waals surface area contributed by atoms with Crippen LogP contribution in [0.25, 0.3) is 0 Å². The number of thiol groups is 1. The van der Waals surface area contributed by atoms with E-state index in [1.165, 1.54) is 0 Å². The average Bonchev–Trinajstić information content (AvgIpc) is 2.15. The highest BCUT2D eigenvalue weighted by Gasteiger charge is 2.24. The molecule has 0 amide bonds. The Bertz CT molecular complexity index is 215. The van der Waals surface area contributed by atoms with Crippen molar-refractivity contribution in [1.82, 2.24) is 9.80 Å². The summed E-state index contributed by atoms with van der Waals surface area (Å²) in [5.74, 6) is 0. The first kappa shape index (κ1) is 15.9. The zero-order valence-corrected chi connectivity index (χ0v) is 12.2. The summed E-state index contributed by atoms with van der Waals surface area (Å²) in [4.78, 5) is 15.3. The van der Waals surface area contributed by atoms with Gasteiger partial charge in [0.15, 0.2) is 5.12 Å². The zero-order valence-electron chi connectivity index (χ0n) is 11.3. The average molecular weight is 246 g/mol. The summed E-state index contributed by atoms with van der Waals surface area (Å²) in [6.07, 6.45) is 1.06. The SMILES string of the molecule is CCN(CC)C(C)(C)CCN(C)CC(=O)S. The number of nitrogens with zero attached hydrogens (tertiary/aromatic N) is 2. The predicted octanol–water partition coefficient (Wildman–Crippen LogP) is 1.89. The molecule has 0 aliphatic carbocycles. The molecule has 0 aromatic rings. The minimum Gasteiger partial charge on any atom is -0.299 e. The van der Waals surface area contributed by atoms with Crippen molar-refractivity contribution in [3.8, 4) is 0 Å². The van der Waals surface area contributed by atoms with Gasteiger partial charge < -0.3 is 0 Å². The number of hydrogen-bond acceptors (Lipinski definition) is 3. The normalized spacial score (nSPS) is 12.5. The van der Waals surface area contributed by atoms with E-state index in [9.17, 15) is 4.79 Å². The molecule has 0 atom stereocenters. The molecule has 16 heavy (non-hydrogen) atoms. The second-order valence-corrected chi connectivity index (χ2v) is 5.37. The largest absolute Gasteiger partial charge is 0.299 e. The van der Waals surface area contributed by atoms with Gasteiger partial charge in [-0.1, -0.05) is 13.8 Å². The van der Waals surface area contributed by atoms with E-state index in [0.717, 1.165) is 26.1 Å². The number of hydrogen-bond donors (Lipinski definition) is 1. The molecule has 0 N–H and O–H groups in total. The fraction of sp³-hybridized carbons (Fsp3) is 0.917. The molecule has 4 heteroatoms. The van der Waals surface area contributed by atoms with E-state index in [1.54, 1.807) is 0 Å². The van der Waals surface area contributed by atoms with Gasteiger partial charge in [-0.25, -0.2) is 0 Å². The van der Waals surface area contributed by atoms with Gasteiger partial charge in [-0.05, 0) is 40.4 Å². The molecule has 0 unspecified atom stereocenters. The third-order valence-corrected chi connectivity index (χ3v) is 3.27. The molecule has 0 heterocycles. The molecule has 0 aliphatic rings. The topological polar surface area (TPSA) is 23.6 Å². The first-order chi connectivity index (χ1) is 7.33. The quantitative estimate of drug-likeness (QED) is 0.662. The first-order valence-corrected chi connectivity index (χ1v) is 6.43. The van der Waals surface area contributed by atoms with Gasteiger partial charge in [0.1, 0.15) is 0 Å². The Labute approximate surface area is 106 Å². The van der Waals surface area contributed by atoms with Crippen LogP contribution in [0.1, 0.15) is 34.1 Å². The summed E-state index contributed by atoms with van der Waals surface area (Å²) in [5, 5.41) is -0.0665. The molecule has 0 saturated heterocycles. The van der Waals surface area contributed by atoms with Crippen molar-refractivity contribution in [2.45, 2.75) is 39.7 Å². The highest BCUT2D eigenvalue weighted by atomic mass is 32.1.